The van der Waals surface area contributed by atoms with Gasteiger partial charge in [-0.05, 0) is 42.7 Å². The van der Waals surface area contributed by atoms with Gasteiger partial charge in [-0.3, -0.25) is 4.79 Å². The second-order valence-corrected chi connectivity index (χ2v) is 9.03. The van der Waals surface area contributed by atoms with Gasteiger partial charge in [0.15, 0.2) is 0 Å². The summed E-state index contributed by atoms with van der Waals surface area (Å²) >= 11 is 0. The van der Waals surface area contributed by atoms with E-state index in [1.54, 1.807) is 31.4 Å². The van der Waals surface area contributed by atoms with Crippen LogP contribution in [0.15, 0.2) is 53.4 Å². The van der Waals surface area contributed by atoms with Gasteiger partial charge in [-0.15, -0.1) is 0 Å². The Labute approximate surface area is 178 Å². The van der Waals surface area contributed by atoms with E-state index in [-0.39, 0.29) is 32.5 Å². The Kier molecular flexibility index (Phi) is 6.90. The molecule has 0 aromatic heterocycles. The summed E-state index contributed by atoms with van der Waals surface area (Å²) in [7, 11) is -2.79. The molecule has 0 amide bonds. The Morgan fingerprint density at radius 3 is 2.26 bits per heavy atom. The number of carbonyl (C=O) groups is 1. The van der Waals surface area contributed by atoms with Crippen molar-refractivity contribution in [3.8, 4) is 5.75 Å². The summed E-state index contributed by atoms with van der Waals surface area (Å²) < 4.78 is 76.6. The standard InChI is InChI=1S/C21H22F3NO5S/c1-29-17-8-6-15(7-9-17)14-30-20(26)16-10-12-25(13-11-16)31(27,28)19-5-3-2-4-18(19)21(22,23)24/h2-9,16H,10-14H2,1H3. The minimum atomic E-state index is -4.78. The highest BCUT2D eigenvalue weighted by atomic mass is 32.2. The predicted octanol–water partition coefficient (Wildman–Crippen LogP) is 3.86. The number of carbonyl (C=O) groups excluding carboxylic acids is 1. The largest absolute Gasteiger partial charge is 0.497 e. The van der Waals surface area contributed by atoms with Crippen LogP contribution in [-0.4, -0.2) is 38.9 Å². The van der Waals surface area contributed by atoms with Crippen molar-refractivity contribution in [2.45, 2.75) is 30.5 Å². The lowest BCUT2D eigenvalue weighted by Crippen LogP contribution is -2.41. The minimum absolute atomic E-state index is 0.0587. The number of nitrogens with zero attached hydrogens (tertiary/aromatic N) is 1. The number of methoxy groups -OCH3 is 1. The van der Waals surface area contributed by atoms with Crippen molar-refractivity contribution in [2.75, 3.05) is 20.2 Å². The van der Waals surface area contributed by atoms with Gasteiger partial charge in [0.1, 0.15) is 12.4 Å². The van der Waals surface area contributed by atoms with Crippen LogP contribution < -0.4 is 4.74 Å². The van der Waals surface area contributed by atoms with E-state index in [1.807, 2.05) is 0 Å². The number of hydrogen-bond acceptors (Lipinski definition) is 5. The zero-order chi connectivity index (χ0) is 22.6. The second kappa shape index (κ2) is 9.27. The first kappa shape index (κ1) is 23.1. The van der Waals surface area contributed by atoms with E-state index in [0.717, 1.165) is 28.1 Å². The summed E-state index contributed by atoms with van der Waals surface area (Å²) in [6.45, 7) is -0.0477. The lowest BCUT2D eigenvalue weighted by molar-refractivity contribution is -0.151. The van der Waals surface area contributed by atoms with E-state index in [0.29, 0.717) is 5.75 Å². The van der Waals surface area contributed by atoms with Crippen molar-refractivity contribution in [1.82, 2.24) is 4.31 Å². The number of piperidine rings is 1. The van der Waals surface area contributed by atoms with Crippen molar-refractivity contribution in [3.05, 3.63) is 59.7 Å². The van der Waals surface area contributed by atoms with E-state index in [4.69, 9.17) is 9.47 Å². The van der Waals surface area contributed by atoms with Crippen LogP contribution in [0.3, 0.4) is 0 Å². The van der Waals surface area contributed by atoms with Crippen molar-refractivity contribution in [3.63, 3.8) is 0 Å². The molecule has 0 unspecified atom stereocenters. The van der Waals surface area contributed by atoms with E-state index in [1.165, 1.54) is 6.07 Å². The maximum absolute atomic E-state index is 13.2. The van der Waals surface area contributed by atoms with Crippen LogP contribution in [0.5, 0.6) is 5.75 Å². The number of alkyl halides is 3. The first-order valence-corrected chi connectivity index (χ1v) is 11.0. The van der Waals surface area contributed by atoms with Gasteiger partial charge in [-0.25, -0.2) is 8.42 Å². The topological polar surface area (TPSA) is 72.9 Å². The fourth-order valence-corrected chi connectivity index (χ4v) is 5.07. The third-order valence-corrected chi connectivity index (χ3v) is 7.09. The van der Waals surface area contributed by atoms with Gasteiger partial charge >= 0.3 is 12.1 Å². The van der Waals surface area contributed by atoms with Crippen LogP contribution in [0.1, 0.15) is 24.0 Å². The summed E-state index contributed by atoms with van der Waals surface area (Å²) in [6, 6.07) is 11.1. The number of rotatable bonds is 6. The molecule has 0 bridgehead atoms. The zero-order valence-electron chi connectivity index (χ0n) is 16.8. The average molecular weight is 457 g/mol. The molecule has 31 heavy (non-hydrogen) atoms. The van der Waals surface area contributed by atoms with E-state index < -0.39 is 38.5 Å². The minimum Gasteiger partial charge on any atom is -0.497 e. The first-order valence-electron chi connectivity index (χ1n) is 9.59. The van der Waals surface area contributed by atoms with E-state index in [2.05, 4.69) is 0 Å². The molecule has 10 heteroatoms. The molecule has 1 aliphatic rings. The number of halogens is 3. The number of hydrogen-bond donors (Lipinski definition) is 0. The smallest absolute Gasteiger partial charge is 0.417 e. The Hall–Kier alpha value is -2.59. The van der Waals surface area contributed by atoms with Crippen molar-refractivity contribution in [2.24, 2.45) is 5.92 Å². The molecule has 168 valence electrons. The first-order chi connectivity index (χ1) is 14.6. The Balaban J connectivity index is 1.60. The molecule has 2 aromatic carbocycles. The number of ether oxygens (including phenoxy) is 2. The number of esters is 1. The molecule has 1 heterocycles. The summed E-state index contributed by atoms with van der Waals surface area (Å²) in [5.74, 6) is -0.290. The molecule has 1 fully saturated rings. The molecule has 0 aliphatic carbocycles. The molecule has 0 atom stereocenters. The fraction of sp³-hybridized carbons (Fsp3) is 0.381. The summed E-state index contributed by atoms with van der Waals surface area (Å²) in [6.07, 6.45) is -4.43. The van der Waals surface area contributed by atoms with Gasteiger partial charge in [-0.1, -0.05) is 24.3 Å². The Bertz CT molecular complexity index is 1010. The van der Waals surface area contributed by atoms with E-state index >= 15 is 0 Å². The molecule has 6 nitrogen and oxygen atoms in total. The highest BCUT2D eigenvalue weighted by Crippen LogP contribution is 2.36. The lowest BCUT2D eigenvalue weighted by Gasteiger charge is -2.30. The number of benzene rings is 2. The van der Waals surface area contributed by atoms with Crippen LogP contribution >= 0.6 is 0 Å². The summed E-state index contributed by atoms with van der Waals surface area (Å²) in [5.41, 5.74) is -0.422. The van der Waals surface area contributed by atoms with Gasteiger partial charge < -0.3 is 9.47 Å². The van der Waals surface area contributed by atoms with Gasteiger partial charge in [0.2, 0.25) is 10.0 Å². The Morgan fingerprint density at radius 2 is 1.68 bits per heavy atom. The molecule has 0 saturated carbocycles. The van der Waals surface area contributed by atoms with Crippen molar-refractivity contribution in [1.29, 1.82) is 0 Å². The highest BCUT2D eigenvalue weighted by Gasteiger charge is 2.40. The normalized spacial score (nSPS) is 16.1. The zero-order valence-corrected chi connectivity index (χ0v) is 17.6. The van der Waals surface area contributed by atoms with Crippen LogP contribution in [0.2, 0.25) is 0 Å². The van der Waals surface area contributed by atoms with Crippen LogP contribution in [0.4, 0.5) is 13.2 Å². The van der Waals surface area contributed by atoms with Gasteiger partial charge in [0, 0.05) is 13.1 Å². The lowest BCUT2D eigenvalue weighted by atomic mass is 9.98. The predicted molar refractivity (Wildman–Crippen MR) is 106 cm³/mol. The third kappa shape index (κ3) is 5.37. The van der Waals surface area contributed by atoms with Gasteiger partial charge in [0.25, 0.3) is 0 Å². The molecule has 1 saturated heterocycles. The van der Waals surface area contributed by atoms with Crippen LogP contribution in [0.25, 0.3) is 0 Å². The van der Waals surface area contributed by atoms with Crippen LogP contribution in [-0.2, 0) is 32.3 Å². The molecule has 0 radical (unpaired) electrons. The SMILES string of the molecule is COc1ccc(COC(=O)C2CCN(S(=O)(=O)c3ccccc3C(F)(F)F)CC2)cc1. The fourth-order valence-electron chi connectivity index (χ4n) is 3.39. The molecule has 3 rings (SSSR count). The maximum Gasteiger partial charge on any atom is 0.417 e. The molecule has 0 spiro atoms. The van der Waals surface area contributed by atoms with E-state index in [9.17, 15) is 26.4 Å². The molecule has 0 N–H and O–H groups in total. The Morgan fingerprint density at radius 1 is 1.06 bits per heavy atom. The molecular formula is C21H22F3NO5S. The average Bonchev–Trinajstić information content (AvgIpc) is 2.77. The highest BCUT2D eigenvalue weighted by molar-refractivity contribution is 7.89. The third-order valence-electron chi connectivity index (χ3n) is 5.14. The molecule has 1 aliphatic heterocycles. The van der Waals surface area contributed by atoms with Crippen LogP contribution in [0, 0.1) is 5.92 Å². The second-order valence-electron chi connectivity index (χ2n) is 7.13. The van der Waals surface area contributed by atoms with Crippen molar-refractivity contribution < 1.29 is 35.9 Å². The molecular weight excluding hydrogens is 435 g/mol. The van der Waals surface area contributed by atoms with Gasteiger partial charge in [-0.2, -0.15) is 17.5 Å². The molecule has 2 aromatic rings. The van der Waals surface area contributed by atoms with Gasteiger partial charge in [0.05, 0.1) is 23.5 Å². The summed E-state index contributed by atoms with van der Waals surface area (Å²) in [4.78, 5) is 11.6. The number of sulfonamides is 1. The van der Waals surface area contributed by atoms with Crippen molar-refractivity contribution >= 4 is 16.0 Å². The maximum atomic E-state index is 13.2. The summed E-state index contributed by atoms with van der Waals surface area (Å²) in [5, 5.41) is 0. The quantitative estimate of drug-likeness (QED) is 0.616. The monoisotopic (exact) mass is 457 g/mol.